The van der Waals surface area contributed by atoms with Crippen LogP contribution in [0.2, 0.25) is 0 Å². The van der Waals surface area contributed by atoms with Gasteiger partial charge in [-0.05, 0) is 52.0 Å². The molecule has 0 radical (unpaired) electrons. The second kappa shape index (κ2) is 5.83. The van der Waals surface area contributed by atoms with Crippen molar-refractivity contribution >= 4 is 0 Å². The average molecular weight is 250 g/mol. The lowest BCUT2D eigenvalue weighted by molar-refractivity contribution is 0.200. The van der Waals surface area contributed by atoms with E-state index in [-0.39, 0.29) is 0 Å². The molecule has 1 aromatic heterocycles. The van der Waals surface area contributed by atoms with E-state index in [1.54, 1.807) is 0 Å². The van der Waals surface area contributed by atoms with Crippen LogP contribution in [0.15, 0.2) is 0 Å². The van der Waals surface area contributed by atoms with E-state index >= 15 is 0 Å². The molecule has 0 aliphatic heterocycles. The lowest BCUT2D eigenvalue weighted by Crippen LogP contribution is -2.42. The molecule has 1 heterocycles. The molecule has 4 nitrogen and oxygen atoms in total. The van der Waals surface area contributed by atoms with E-state index in [2.05, 4.69) is 40.9 Å². The maximum Gasteiger partial charge on any atom is 0.147 e. The first kappa shape index (κ1) is 13.5. The number of rotatable bonds is 4. The predicted molar refractivity (Wildman–Crippen MR) is 73.6 cm³/mol. The highest BCUT2D eigenvalue weighted by Crippen LogP contribution is 2.32. The zero-order chi connectivity index (χ0) is 13.1. The van der Waals surface area contributed by atoms with Crippen molar-refractivity contribution in [1.29, 1.82) is 0 Å². The molecule has 18 heavy (non-hydrogen) atoms. The van der Waals surface area contributed by atoms with Crippen LogP contribution in [-0.2, 0) is 0 Å². The third-order valence-electron chi connectivity index (χ3n) is 3.96. The number of nitrogens with one attached hydrogen (secondary N) is 1. The fraction of sp³-hybridized carbons (Fsp3) is 0.857. The number of nitrogens with zero attached hydrogens (tertiary/aromatic N) is 3. The number of hydrogen-bond acceptors (Lipinski definition) is 3. The molecule has 0 aromatic carbocycles. The van der Waals surface area contributed by atoms with E-state index in [9.17, 15) is 0 Å². The van der Waals surface area contributed by atoms with E-state index in [1.807, 2.05) is 6.92 Å². The second-order valence-electron chi connectivity index (χ2n) is 5.70. The molecule has 4 heteroatoms. The highest BCUT2D eigenvalue weighted by molar-refractivity contribution is 4.95. The quantitative estimate of drug-likeness (QED) is 0.893. The van der Waals surface area contributed by atoms with Crippen molar-refractivity contribution in [2.24, 2.45) is 5.92 Å². The minimum absolute atomic E-state index is 0.474. The van der Waals surface area contributed by atoms with E-state index in [4.69, 9.17) is 0 Å². The molecular formula is C14H26N4. The average Bonchev–Trinajstić information content (AvgIpc) is 2.67. The largest absolute Gasteiger partial charge is 0.312 e. The molecular weight excluding hydrogens is 224 g/mol. The van der Waals surface area contributed by atoms with Crippen LogP contribution in [0, 0.1) is 19.8 Å². The van der Waals surface area contributed by atoms with Crippen LogP contribution in [0.25, 0.3) is 0 Å². The molecule has 0 saturated heterocycles. The summed E-state index contributed by atoms with van der Waals surface area (Å²) in [6, 6.07) is 1.03. The van der Waals surface area contributed by atoms with Crippen molar-refractivity contribution in [1.82, 2.24) is 20.1 Å². The summed E-state index contributed by atoms with van der Waals surface area (Å²) in [4.78, 5) is 4.45. The number of aromatic nitrogens is 3. The van der Waals surface area contributed by atoms with Gasteiger partial charge in [0.1, 0.15) is 11.6 Å². The molecule has 1 aliphatic rings. The van der Waals surface area contributed by atoms with Gasteiger partial charge in [-0.1, -0.05) is 13.8 Å². The SMILES string of the molecule is CCCNC1CCC(C)CC1n1nc(C)nc1C. The third-order valence-corrected chi connectivity index (χ3v) is 3.96. The standard InChI is InChI=1S/C14H26N4/c1-5-8-15-13-7-6-10(2)9-14(13)18-12(4)16-11(3)17-18/h10,13-15H,5-9H2,1-4H3. The first-order valence-electron chi connectivity index (χ1n) is 7.25. The lowest BCUT2D eigenvalue weighted by Gasteiger charge is -2.36. The van der Waals surface area contributed by atoms with Crippen LogP contribution in [0.1, 0.15) is 57.2 Å². The molecule has 0 bridgehead atoms. The molecule has 2 rings (SSSR count). The Labute approximate surface area is 110 Å². The summed E-state index contributed by atoms with van der Waals surface area (Å²) in [5.74, 6) is 2.73. The second-order valence-corrected chi connectivity index (χ2v) is 5.70. The van der Waals surface area contributed by atoms with Gasteiger partial charge in [0.05, 0.1) is 6.04 Å². The van der Waals surface area contributed by atoms with Gasteiger partial charge < -0.3 is 5.32 Å². The summed E-state index contributed by atoms with van der Waals surface area (Å²) in [7, 11) is 0. The molecule has 1 aromatic rings. The van der Waals surface area contributed by atoms with E-state index < -0.39 is 0 Å². The number of hydrogen-bond donors (Lipinski definition) is 1. The third kappa shape index (κ3) is 2.91. The predicted octanol–water partition coefficient (Wildman–Crippen LogP) is 2.62. The molecule has 1 saturated carbocycles. The monoisotopic (exact) mass is 250 g/mol. The van der Waals surface area contributed by atoms with Gasteiger partial charge in [0.15, 0.2) is 0 Å². The Morgan fingerprint density at radius 2 is 2.11 bits per heavy atom. The van der Waals surface area contributed by atoms with Gasteiger partial charge >= 0.3 is 0 Å². The zero-order valence-electron chi connectivity index (χ0n) is 12.1. The van der Waals surface area contributed by atoms with E-state index in [1.165, 1.54) is 25.7 Å². The van der Waals surface area contributed by atoms with Crippen molar-refractivity contribution in [3.63, 3.8) is 0 Å². The summed E-state index contributed by atoms with van der Waals surface area (Å²) < 4.78 is 2.15. The van der Waals surface area contributed by atoms with Gasteiger partial charge in [0, 0.05) is 6.04 Å². The maximum absolute atomic E-state index is 4.59. The molecule has 1 N–H and O–H groups in total. The Kier molecular flexibility index (Phi) is 4.38. The summed E-state index contributed by atoms with van der Waals surface area (Å²) in [5, 5.41) is 8.28. The highest BCUT2D eigenvalue weighted by atomic mass is 15.4. The minimum Gasteiger partial charge on any atom is -0.312 e. The first-order valence-corrected chi connectivity index (χ1v) is 7.25. The van der Waals surface area contributed by atoms with Crippen molar-refractivity contribution in [3.05, 3.63) is 11.6 Å². The van der Waals surface area contributed by atoms with Gasteiger partial charge in [-0.2, -0.15) is 5.10 Å². The molecule has 0 amide bonds. The molecule has 102 valence electrons. The zero-order valence-corrected chi connectivity index (χ0v) is 12.1. The Bertz CT molecular complexity index is 383. The lowest BCUT2D eigenvalue weighted by atomic mass is 9.83. The summed E-state index contributed by atoms with van der Waals surface area (Å²) in [5.41, 5.74) is 0. The Morgan fingerprint density at radius 1 is 1.33 bits per heavy atom. The van der Waals surface area contributed by atoms with E-state index in [0.717, 1.165) is 24.1 Å². The summed E-state index contributed by atoms with van der Waals surface area (Å²) in [6.45, 7) is 9.71. The van der Waals surface area contributed by atoms with Gasteiger partial charge in [-0.3, -0.25) is 0 Å². The normalized spacial score (nSPS) is 28.6. The summed E-state index contributed by atoms with van der Waals surface area (Å²) >= 11 is 0. The fourth-order valence-corrected chi connectivity index (χ4v) is 3.04. The molecule has 1 fully saturated rings. The van der Waals surface area contributed by atoms with Crippen LogP contribution in [0.4, 0.5) is 0 Å². The smallest absolute Gasteiger partial charge is 0.147 e. The molecule has 0 spiro atoms. The highest BCUT2D eigenvalue weighted by Gasteiger charge is 2.31. The van der Waals surface area contributed by atoms with Crippen LogP contribution < -0.4 is 5.32 Å². The van der Waals surface area contributed by atoms with Crippen molar-refractivity contribution in [2.75, 3.05) is 6.54 Å². The number of aryl methyl sites for hydroxylation is 2. The fourth-order valence-electron chi connectivity index (χ4n) is 3.04. The topological polar surface area (TPSA) is 42.7 Å². The molecule has 3 unspecified atom stereocenters. The maximum atomic E-state index is 4.59. The Balaban J connectivity index is 2.16. The van der Waals surface area contributed by atoms with Crippen molar-refractivity contribution in [2.45, 2.75) is 65.5 Å². The van der Waals surface area contributed by atoms with Crippen LogP contribution in [0.3, 0.4) is 0 Å². The van der Waals surface area contributed by atoms with Crippen LogP contribution >= 0.6 is 0 Å². The van der Waals surface area contributed by atoms with Crippen LogP contribution in [0.5, 0.6) is 0 Å². The molecule has 3 atom stereocenters. The Morgan fingerprint density at radius 3 is 2.72 bits per heavy atom. The van der Waals surface area contributed by atoms with Gasteiger partial charge in [0.25, 0.3) is 0 Å². The van der Waals surface area contributed by atoms with E-state index in [0.29, 0.717) is 12.1 Å². The molecule has 1 aliphatic carbocycles. The van der Waals surface area contributed by atoms with Crippen molar-refractivity contribution in [3.8, 4) is 0 Å². The minimum atomic E-state index is 0.474. The van der Waals surface area contributed by atoms with Gasteiger partial charge in [-0.15, -0.1) is 0 Å². The van der Waals surface area contributed by atoms with Gasteiger partial charge in [-0.25, -0.2) is 9.67 Å². The van der Waals surface area contributed by atoms with Gasteiger partial charge in [0.2, 0.25) is 0 Å². The van der Waals surface area contributed by atoms with Crippen LogP contribution in [-0.4, -0.2) is 27.4 Å². The first-order chi connectivity index (χ1) is 8.61. The summed E-state index contributed by atoms with van der Waals surface area (Å²) in [6.07, 6.45) is 4.98. The Hall–Kier alpha value is -0.900. The van der Waals surface area contributed by atoms with Crippen molar-refractivity contribution < 1.29 is 0 Å².